The van der Waals surface area contributed by atoms with Gasteiger partial charge in [0.2, 0.25) is 0 Å². The van der Waals surface area contributed by atoms with Crippen LogP contribution in [-0.4, -0.2) is 0 Å². The first-order chi connectivity index (χ1) is 8.79. The number of benzene rings is 1. The first kappa shape index (κ1) is 13.1. The molecule has 1 aliphatic rings. The molecule has 0 nitrogen and oxygen atoms in total. The molecule has 2 rings (SSSR count). The predicted molar refractivity (Wildman–Crippen MR) is 79.8 cm³/mol. The van der Waals surface area contributed by atoms with Crippen LogP contribution in [-0.2, 0) is 0 Å². The molecule has 1 atom stereocenters. The maximum Gasteiger partial charge on any atom is 0.00577 e. The second-order valence-electron chi connectivity index (χ2n) is 5.34. The van der Waals surface area contributed by atoms with Crippen LogP contribution < -0.4 is 0 Å². The van der Waals surface area contributed by atoms with Crippen LogP contribution in [0.2, 0.25) is 0 Å². The molecule has 0 bridgehead atoms. The van der Waals surface area contributed by atoms with Gasteiger partial charge in [0.05, 0.1) is 0 Å². The molecule has 0 spiro atoms. The van der Waals surface area contributed by atoms with E-state index in [2.05, 4.69) is 56.3 Å². The third-order valence-corrected chi connectivity index (χ3v) is 3.86. The van der Waals surface area contributed by atoms with Gasteiger partial charge in [-0.15, -0.1) is 0 Å². The van der Waals surface area contributed by atoms with Crippen molar-refractivity contribution in [2.45, 2.75) is 51.9 Å². The molecular formula is C18H24. The minimum atomic E-state index is 0.565. The van der Waals surface area contributed by atoms with E-state index in [-0.39, 0.29) is 0 Å². The minimum absolute atomic E-state index is 0.565. The van der Waals surface area contributed by atoms with Gasteiger partial charge in [-0.25, -0.2) is 0 Å². The van der Waals surface area contributed by atoms with Gasteiger partial charge in [-0.2, -0.15) is 0 Å². The topological polar surface area (TPSA) is 0 Å². The summed E-state index contributed by atoms with van der Waals surface area (Å²) in [4.78, 5) is 0. The van der Waals surface area contributed by atoms with E-state index in [9.17, 15) is 0 Å². The molecule has 1 aliphatic carbocycles. The molecule has 18 heavy (non-hydrogen) atoms. The lowest BCUT2D eigenvalue weighted by Gasteiger charge is -2.15. The largest absolute Gasteiger partial charge is 0.0856 e. The summed E-state index contributed by atoms with van der Waals surface area (Å²) in [6.45, 7) is 4.56. The lowest BCUT2D eigenvalue weighted by molar-refractivity contribution is 0.787. The summed E-state index contributed by atoms with van der Waals surface area (Å²) in [6.07, 6.45) is 11.1. The SMILES string of the molecule is CCC1=CC(c2ccccc2)CC(C)=CCCC1. The molecule has 0 aromatic heterocycles. The van der Waals surface area contributed by atoms with Gasteiger partial charge in [-0.05, 0) is 44.6 Å². The van der Waals surface area contributed by atoms with Gasteiger partial charge in [0.25, 0.3) is 0 Å². The van der Waals surface area contributed by atoms with E-state index in [0.29, 0.717) is 5.92 Å². The van der Waals surface area contributed by atoms with E-state index in [4.69, 9.17) is 0 Å². The standard InChI is InChI=1S/C18H24/c1-3-16-10-8-7-9-15(2)13-18(14-16)17-11-5-4-6-12-17/h4-6,9,11-12,14,18H,3,7-8,10,13H2,1-2H3. The maximum absolute atomic E-state index is 2.53. The van der Waals surface area contributed by atoms with Gasteiger partial charge in [0.1, 0.15) is 0 Å². The zero-order chi connectivity index (χ0) is 12.8. The van der Waals surface area contributed by atoms with E-state index < -0.39 is 0 Å². The highest BCUT2D eigenvalue weighted by atomic mass is 14.2. The Morgan fingerprint density at radius 3 is 2.67 bits per heavy atom. The van der Waals surface area contributed by atoms with Crippen LogP contribution >= 0.6 is 0 Å². The summed E-state index contributed by atoms with van der Waals surface area (Å²) >= 11 is 0. The molecule has 0 saturated heterocycles. The first-order valence-electron chi connectivity index (χ1n) is 7.19. The second-order valence-corrected chi connectivity index (χ2v) is 5.34. The summed E-state index contributed by atoms with van der Waals surface area (Å²) in [5, 5.41) is 0. The quantitative estimate of drug-likeness (QED) is 0.588. The Morgan fingerprint density at radius 1 is 1.17 bits per heavy atom. The number of allylic oxidation sites excluding steroid dienone is 4. The molecule has 0 aliphatic heterocycles. The molecule has 0 fully saturated rings. The van der Waals surface area contributed by atoms with Crippen LogP contribution in [0, 0.1) is 0 Å². The first-order valence-corrected chi connectivity index (χ1v) is 7.19. The molecule has 0 amide bonds. The fourth-order valence-corrected chi connectivity index (χ4v) is 2.74. The zero-order valence-corrected chi connectivity index (χ0v) is 11.7. The van der Waals surface area contributed by atoms with Crippen LogP contribution in [0.4, 0.5) is 0 Å². The van der Waals surface area contributed by atoms with Crippen molar-refractivity contribution in [3.05, 3.63) is 59.2 Å². The molecule has 0 heteroatoms. The van der Waals surface area contributed by atoms with Crippen LogP contribution in [0.5, 0.6) is 0 Å². The number of hydrogen-bond acceptors (Lipinski definition) is 0. The lowest BCUT2D eigenvalue weighted by Crippen LogP contribution is -1.97. The van der Waals surface area contributed by atoms with Crippen molar-refractivity contribution in [2.75, 3.05) is 0 Å². The van der Waals surface area contributed by atoms with E-state index in [1.807, 2.05) is 0 Å². The Kier molecular flexibility index (Phi) is 4.81. The minimum Gasteiger partial charge on any atom is -0.0856 e. The molecular weight excluding hydrogens is 216 g/mol. The molecule has 0 radical (unpaired) electrons. The molecule has 1 aromatic rings. The predicted octanol–water partition coefficient (Wildman–Crippen LogP) is 5.63. The molecule has 96 valence electrons. The summed E-state index contributed by atoms with van der Waals surface area (Å²) in [6, 6.07) is 10.9. The fourth-order valence-electron chi connectivity index (χ4n) is 2.74. The van der Waals surface area contributed by atoms with Gasteiger partial charge in [0.15, 0.2) is 0 Å². The van der Waals surface area contributed by atoms with Crippen LogP contribution in [0.1, 0.15) is 57.4 Å². The van der Waals surface area contributed by atoms with Gasteiger partial charge < -0.3 is 0 Å². The Morgan fingerprint density at radius 2 is 1.94 bits per heavy atom. The van der Waals surface area contributed by atoms with E-state index >= 15 is 0 Å². The molecule has 0 saturated carbocycles. The third kappa shape index (κ3) is 3.60. The Balaban J connectivity index is 2.29. The average Bonchev–Trinajstić information content (AvgIpc) is 2.50. The molecule has 1 unspecified atom stereocenters. The third-order valence-electron chi connectivity index (χ3n) is 3.86. The zero-order valence-electron chi connectivity index (χ0n) is 11.7. The van der Waals surface area contributed by atoms with Crippen molar-refractivity contribution in [2.24, 2.45) is 0 Å². The van der Waals surface area contributed by atoms with E-state index in [1.165, 1.54) is 43.2 Å². The highest BCUT2D eigenvalue weighted by Crippen LogP contribution is 2.29. The summed E-state index contributed by atoms with van der Waals surface area (Å²) in [7, 11) is 0. The fraction of sp³-hybridized carbons (Fsp3) is 0.444. The van der Waals surface area contributed by atoms with Gasteiger partial charge >= 0.3 is 0 Å². The molecule has 0 N–H and O–H groups in total. The van der Waals surface area contributed by atoms with E-state index in [1.54, 1.807) is 5.57 Å². The van der Waals surface area contributed by atoms with Gasteiger partial charge in [-0.1, -0.05) is 60.6 Å². The number of rotatable bonds is 2. The van der Waals surface area contributed by atoms with Crippen LogP contribution in [0.3, 0.4) is 0 Å². The summed E-state index contributed by atoms with van der Waals surface area (Å²) < 4.78 is 0. The maximum atomic E-state index is 2.53. The monoisotopic (exact) mass is 240 g/mol. The van der Waals surface area contributed by atoms with Crippen molar-refractivity contribution in [1.82, 2.24) is 0 Å². The van der Waals surface area contributed by atoms with Crippen molar-refractivity contribution < 1.29 is 0 Å². The van der Waals surface area contributed by atoms with Crippen LogP contribution in [0.25, 0.3) is 0 Å². The van der Waals surface area contributed by atoms with Crippen molar-refractivity contribution in [3.63, 3.8) is 0 Å². The van der Waals surface area contributed by atoms with Crippen molar-refractivity contribution in [3.8, 4) is 0 Å². The van der Waals surface area contributed by atoms with Crippen molar-refractivity contribution in [1.29, 1.82) is 0 Å². The summed E-state index contributed by atoms with van der Waals surface area (Å²) in [5.74, 6) is 0.565. The highest BCUT2D eigenvalue weighted by molar-refractivity contribution is 5.28. The average molecular weight is 240 g/mol. The lowest BCUT2D eigenvalue weighted by atomic mass is 9.90. The Hall–Kier alpha value is -1.30. The van der Waals surface area contributed by atoms with Gasteiger partial charge in [0, 0.05) is 5.92 Å². The smallest absolute Gasteiger partial charge is 0.00577 e. The van der Waals surface area contributed by atoms with Crippen LogP contribution in [0.15, 0.2) is 53.6 Å². The normalized spacial score (nSPS) is 21.3. The highest BCUT2D eigenvalue weighted by Gasteiger charge is 2.11. The second kappa shape index (κ2) is 6.58. The summed E-state index contributed by atoms with van der Waals surface area (Å²) in [5.41, 5.74) is 4.63. The van der Waals surface area contributed by atoms with E-state index in [0.717, 1.165) is 0 Å². The van der Waals surface area contributed by atoms with Gasteiger partial charge in [-0.3, -0.25) is 0 Å². The Bertz CT molecular complexity index is 423. The number of hydrogen-bond donors (Lipinski definition) is 0. The molecule has 1 aromatic carbocycles. The Labute approximate surface area is 111 Å². The molecule has 0 heterocycles. The van der Waals surface area contributed by atoms with Crippen molar-refractivity contribution >= 4 is 0 Å².